The molecule has 0 bridgehead atoms. The predicted molar refractivity (Wildman–Crippen MR) is 77.6 cm³/mol. The predicted octanol–water partition coefficient (Wildman–Crippen LogP) is 3.01. The molecule has 0 aliphatic carbocycles. The van der Waals surface area contributed by atoms with Gasteiger partial charge in [0, 0.05) is 29.3 Å². The molecule has 6 nitrogen and oxygen atoms in total. The molecule has 0 unspecified atom stereocenters. The highest BCUT2D eigenvalue weighted by molar-refractivity contribution is 7.09. The number of aromatic nitrogens is 1. The van der Waals surface area contributed by atoms with E-state index in [-0.39, 0.29) is 11.6 Å². The Hall–Kier alpha value is -2.54. The highest BCUT2D eigenvalue weighted by atomic mass is 32.1. The number of hydrogen-bond acceptors (Lipinski definition) is 5. The van der Waals surface area contributed by atoms with Gasteiger partial charge in [0.1, 0.15) is 0 Å². The molecule has 0 saturated heterocycles. The van der Waals surface area contributed by atoms with E-state index < -0.39 is 4.92 Å². The number of carbonyl (C=O) groups is 1. The summed E-state index contributed by atoms with van der Waals surface area (Å²) in [4.78, 5) is 25.9. The van der Waals surface area contributed by atoms with Crippen molar-refractivity contribution in [3.63, 3.8) is 0 Å². The van der Waals surface area contributed by atoms with Crippen molar-refractivity contribution in [2.75, 3.05) is 5.32 Å². The molecule has 1 N–H and O–H groups in total. The highest BCUT2D eigenvalue weighted by Crippen LogP contribution is 2.15. The molecule has 0 atom stereocenters. The van der Waals surface area contributed by atoms with Crippen LogP contribution in [-0.2, 0) is 4.79 Å². The lowest BCUT2D eigenvalue weighted by atomic mass is 10.3. The molecule has 2 rings (SSSR count). The third-order valence-electron chi connectivity index (χ3n) is 2.39. The molecule has 0 aliphatic heterocycles. The molecule has 0 aliphatic rings. The summed E-state index contributed by atoms with van der Waals surface area (Å²) in [5.74, 6) is -0.315. The van der Waals surface area contributed by atoms with E-state index in [1.54, 1.807) is 6.08 Å². The average Bonchev–Trinajstić information content (AvgIpc) is 2.83. The Balaban J connectivity index is 1.97. The minimum absolute atomic E-state index is 0.0171. The zero-order valence-electron chi connectivity index (χ0n) is 10.6. The zero-order valence-corrected chi connectivity index (χ0v) is 11.4. The lowest BCUT2D eigenvalue weighted by Gasteiger charge is -2.00. The van der Waals surface area contributed by atoms with Crippen LogP contribution in [0.4, 0.5) is 11.4 Å². The molecule has 0 spiro atoms. The third kappa shape index (κ3) is 3.72. The van der Waals surface area contributed by atoms with Gasteiger partial charge in [0.2, 0.25) is 5.91 Å². The minimum atomic E-state index is -0.490. The van der Waals surface area contributed by atoms with Crippen molar-refractivity contribution in [2.24, 2.45) is 0 Å². The summed E-state index contributed by atoms with van der Waals surface area (Å²) in [6, 6.07) is 5.64. The Morgan fingerprint density at radius 2 is 2.10 bits per heavy atom. The van der Waals surface area contributed by atoms with Crippen LogP contribution in [0.1, 0.15) is 10.7 Å². The normalized spacial score (nSPS) is 10.7. The fourth-order valence-electron chi connectivity index (χ4n) is 1.47. The van der Waals surface area contributed by atoms with Crippen LogP contribution >= 0.6 is 11.3 Å². The van der Waals surface area contributed by atoms with Gasteiger partial charge in [-0.05, 0) is 25.1 Å². The van der Waals surface area contributed by atoms with E-state index in [1.165, 1.54) is 41.7 Å². The largest absolute Gasteiger partial charge is 0.323 e. The smallest absolute Gasteiger partial charge is 0.269 e. The molecule has 0 fully saturated rings. The van der Waals surface area contributed by atoms with Crippen molar-refractivity contribution in [2.45, 2.75) is 6.92 Å². The zero-order chi connectivity index (χ0) is 14.5. The Bertz CT molecular complexity index is 662. The number of nitro groups is 1. The van der Waals surface area contributed by atoms with Gasteiger partial charge in [-0.2, -0.15) is 0 Å². The van der Waals surface area contributed by atoms with Gasteiger partial charge >= 0.3 is 0 Å². The summed E-state index contributed by atoms with van der Waals surface area (Å²) >= 11 is 1.51. The second-order valence-electron chi connectivity index (χ2n) is 3.92. The number of benzene rings is 1. The van der Waals surface area contributed by atoms with Gasteiger partial charge in [-0.25, -0.2) is 4.98 Å². The first-order valence-corrected chi connectivity index (χ1v) is 6.58. The van der Waals surface area contributed by atoms with Gasteiger partial charge < -0.3 is 5.32 Å². The third-order valence-corrected chi connectivity index (χ3v) is 3.18. The van der Waals surface area contributed by atoms with Crippen LogP contribution in [0.5, 0.6) is 0 Å². The molecule has 2 aromatic rings. The molecular weight excluding hydrogens is 278 g/mol. The van der Waals surface area contributed by atoms with Gasteiger partial charge in [0.15, 0.2) is 0 Å². The van der Waals surface area contributed by atoms with Crippen LogP contribution in [-0.4, -0.2) is 15.8 Å². The topological polar surface area (TPSA) is 85.1 Å². The molecule has 1 heterocycles. The molecule has 102 valence electrons. The number of hydrogen-bond donors (Lipinski definition) is 1. The van der Waals surface area contributed by atoms with Gasteiger partial charge in [-0.1, -0.05) is 0 Å². The number of carbonyl (C=O) groups excluding carboxylic acids is 1. The second kappa shape index (κ2) is 6.07. The Morgan fingerprint density at radius 1 is 1.40 bits per heavy atom. The first-order chi connectivity index (χ1) is 9.54. The van der Waals surface area contributed by atoms with Crippen LogP contribution in [0.3, 0.4) is 0 Å². The van der Waals surface area contributed by atoms with Crippen molar-refractivity contribution in [1.29, 1.82) is 0 Å². The van der Waals surface area contributed by atoms with E-state index in [1.807, 2.05) is 12.3 Å². The van der Waals surface area contributed by atoms with Gasteiger partial charge in [-0.3, -0.25) is 14.9 Å². The van der Waals surface area contributed by atoms with Gasteiger partial charge in [0.05, 0.1) is 15.6 Å². The molecule has 20 heavy (non-hydrogen) atoms. The van der Waals surface area contributed by atoms with Crippen LogP contribution in [0.2, 0.25) is 0 Å². The van der Waals surface area contributed by atoms with Crippen molar-refractivity contribution in [3.8, 4) is 0 Å². The highest BCUT2D eigenvalue weighted by Gasteiger charge is 2.05. The van der Waals surface area contributed by atoms with Crippen LogP contribution < -0.4 is 5.32 Å². The number of non-ortho nitro benzene ring substituents is 1. The standard InChI is InChI=1S/C13H11N3O3S/c1-9-14-11(8-20-9)4-7-13(17)15-10-2-5-12(6-3-10)16(18)19/h2-8H,1H3,(H,15,17)/b7-4+. The van der Waals surface area contributed by atoms with E-state index in [0.29, 0.717) is 5.69 Å². The van der Waals surface area contributed by atoms with E-state index in [0.717, 1.165) is 10.7 Å². The van der Waals surface area contributed by atoms with Gasteiger partial charge in [-0.15, -0.1) is 11.3 Å². The lowest BCUT2D eigenvalue weighted by Crippen LogP contribution is -2.07. The monoisotopic (exact) mass is 289 g/mol. The Labute approximate surface area is 118 Å². The summed E-state index contributed by atoms with van der Waals surface area (Å²) in [6.07, 6.45) is 2.99. The molecule has 7 heteroatoms. The number of rotatable bonds is 4. The van der Waals surface area contributed by atoms with Crippen molar-refractivity contribution in [3.05, 3.63) is 56.5 Å². The van der Waals surface area contributed by atoms with E-state index in [2.05, 4.69) is 10.3 Å². The lowest BCUT2D eigenvalue weighted by molar-refractivity contribution is -0.384. The molecule has 1 aromatic heterocycles. The maximum absolute atomic E-state index is 11.7. The Morgan fingerprint density at radius 3 is 2.65 bits per heavy atom. The number of aryl methyl sites for hydroxylation is 1. The minimum Gasteiger partial charge on any atom is -0.323 e. The maximum atomic E-state index is 11.7. The van der Waals surface area contributed by atoms with Crippen LogP contribution in [0.25, 0.3) is 6.08 Å². The maximum Gasteiger partial charge on any atom is 0.269 e. The SMILES string of the molecule is Cc1nc(/C=C/C(=O)Nc2ccc([N+](=O)[O-])cc2)cs1. The molecule has 1 aromatic carbocycles. The summed E-state index contributed by atoms with van der Waals surface area (Å²) in [7, 11) is 0. The Kier molecular flexibility index (Phi) is 4.21. The summed E-state index contributed by atoms with van der Waals surface area (Å²) < 4.78 is 0. The number of thiazole rings is 1. The van der Waals surface area contributed by atoms with Crippen LogP contribution in [0, 0.1) is 17.0 Å². The fourth-order valence-corrected chi connectivity index (χ4v) is 2.05. The summed E-state index contributed by atoms with van der Waals surface area (Å²) in [6.45, 7) is 1.89. The van der Waals surface area contributed by atoms with Crippen LogP contribution in [0.15, 0.2) is 35.7 Å². The van der Waals surface area contributed by atoms with E-state index >= 15 is 0 Å². The quantitative estimate of drug-likeness (QED) is 0.532. The second-order valence-corrected chi connectivity index (χ2v) is 4.98. The average molecular weight is 289 g/mol. The van der Waals surface area contributed by atoms with Crippen molar-refractivity contribution < 1.29 is 9.72 Å². The fraction of sp³-hybridized carbons (Fsp3) is 0.0769. The molecule has 0 saturated carbocycles. The van der Waals surface area contributed by atoms with Crippen molar-refractivity contribution >= 4 is 34.7 Å². The summed E-state index contributed by atoms with van der Waals surface area (Å²) in [5, 5.41) is 15.9. The number of anilines is 1. The number of nitro benzene ring substituents is 1. The first-order valence-electron chi connectivity index (χ1n) is 5.70. The number of nitrogens with one attached hydrogen (secondary N) is 1. The first kappa shape index (κ1) is 13.9. The summed E-state index contributed by atoms with van der Waals surface area (Å²) in [5.41, 5.74) is 1.21. The molecule has 1 amide bonds. The van der Waals surface area contributed by atoms with Gasteiger partial charge in [0.25, 0.3) is 5.69 Å². The number of amides is 1. The van der Waals surface area contributed by atoms with E-state index in [9.17, 15) is 14.9 Å². The van der Waals surface area contributed by atoms with Crippen molar-refractivity contribution in [1.82, 2.24) is 4.98 Å². The molecular formula is C13H11N3O3S. The molecule has 0 radical (unpaired) electrons. The van der Waals surface area contributed by atoms with E-state index in [4.69, 9.17) is 0 Å². The number of nitrogens with zero attached hydrogens (tertiary/aromatic N) is 2.